The summed E-state index contributed by atoms with van der Waals surface area (Å²) >= 11 is 0. The SMILES string of the molecule is C/C(CCC(=O)O)=N\Nc1ccccc1. The smallest absolute Gasteiger partial charge is 0.303 e. The Morgan fingerprint density at radius 1 is 1.33 bits per heavy atom. The fourth-order valence-electron chi connectivity index (χ4n) is 1.02. The normalized spacial score (nSPS) is 11.1. The zero-order chi connectivity index (χ0) is 11.1. The summed E-state index contributed by atoms with van der Waals surface area (Å²) < 4.78 is 0. The van der Waals surface area contributed by atoms with Crippen LogP contribution in [0.3, 0.4) is 0 Å². The van der Waals surface area contributed by atoms with Crippen molar-refractivity contribution in [3.8, 4) is 0 Å². The molecule has 0 amide bonds. The molecule has 4 heteroatoms. The highest BCUT2D eigenvalue weighted by Gasteiger charge is 1.98. The lowest BCUT2D eigenvalue weighted by Crippen LogP contribution is -2.02. The van der Waals surface area contributed by atoms with Crippen molar-refractivity contribution < 1.29 is 9.90 Å². The summed E-state index contributed by atoms with van der Waals surface area (Å²) in [5.74, 6) is -0.802. The van der Waals surface area contributed by atoms with E-state index in [4.69, 9.17) is 5.11 Å². The highest BCUT2D eigenvalue weighted by Crippen LogP contribution is 2.05. The first-order chi connectivity index (χ1) is 7.18. The summed E-state index contributed by atoms with van der Waals surface area (Å²) in [5.41, 5.74) is 4.54. The second kappa shape index (κ2) is 5.80. The third kappa shape index (κ3) is 4.81. The molecule has 0 aliphatic rings. The van der Waals surface area contributed by atoms with Crippen molar-refractivity contribution >= 4 is 17.4 Å². The third-order valence-electron chi connectivity index (χ3n) is 1.85. The maximum atomic E-state index is 10.3. The average molecular weight is 206 g/mol. The Bertz CT molecular complexity index is 347. The molecule has 0 bridgehead atoms. The highest BCUT2D eigenvalue weighted by molar-refractivity contribution is 5.85. The van der Waals surface area contributed by atoms with E-state index in [-0.39, 0.29) is 6.42 Å². The molecule has 0 fully saturated rings. The molecule has 0 aliphatic heterocycles. The van der Waals surface area contributed by atoms with Gasteiger partial charge in [-0.2, -0.15) is 5.10 Å². The van der Waals surface area contributed by atoms with Crippen LogP contribution in [0.4, 0.5) is 5.69 Å². The molecule has 0 saturated heterocycles. The van der Waals surface area contributed by atoms with E-state index in [0.29, 0.717) is 6.42 Å². The Hall–Kier alpha value is -1.84. The number of hydrogen-bond donors (Lipinski definition) is 2. The first kappa shape index (κ1) is 11.2. The molecule has 80 valence electrons. The molecule has 0 aromatic heterocycles. The topological polar surface area (TPSA) is 61.7 Å². The van der Waals surface area contributed by atoms with E-state index < -0.39 is 5.97 Å². The highest BCUT2D eigenvalue weighted by atomic mass is 16.4. The fourth-order valence-corrected chi connectivity index (χ4v) is 1.02. The van der Waals surface area contributed by atoms with Crippen molar-refractivity contribution in [2.45, 2.75) is 19.8 Å². The number of aliphatic carboxylic acids is 1. The van der Waals surface area contributed by atoms with Gasteiger partial charge in [-0.1, -0.05) is 18.2 Å². The van der Waals surface area contributed by atoms with Gasteiger partial charge in [0.15, 0.2) is 0 Å². The van der Waals surface area contributed by atoms with E-state index in [9.17, 15) is 4.79 Å². The number of benzene rings is 1. The fraction of sp³-hybridized carbons (Fsp3) is 0.273. The summed E-state index contributed by atoms with van der Waals surface area (Å²) in [6.45, 7) is 1.80. The van der Waals surface area contributed by atoms with Crippen LogP contribution < -0.4 is 5.43 Å². The number of hydrogen-bond acceptors (Lipinski definition) is 3. The van der Waals surface area contributed by atoms with E-state index in [1.54, 1.807) is 6.92 Å². The average Bonchev–Trinajstić information content (AvgIpc) is 2.25. The van der Waals surface area contributed by atoms with Crippen LogP contribution in [0.5, 0.6) is 0 Å². The maximum absolute atomic E-state index is 10.3. The first-order valence-corrected chi connectivity index (χ1v) is 4.74. The van der Waals surface area contributed by atoms with E-state index >= 15 is 0 Å². The minimum Gasteiger partial charge on any atom is -0.481 e. The van der Waals surface area contributed by atoms with Gasteiger partial charge < -0.3 is 5.11 Å². The molecule has 0 aliphatic carbocycles. The Labute approximate surface area is 88.6 Å². The van der Waals surface area contributed by atoms with E-state index in [1.807, 2.05) is 30.3 Å². The molecule has 0 heterocycles. The number of hydrazone groups is 1. The van der Waals surface area contributed by atoms with Gasteiger partial charge in [-0.25, -0.2) is 0 Å². The Kier molecular flexibility index (Phi) is 4.34. The van der Waals surface area contributed by atoms with Crippen LogP contribution in [0, 0.1) is 0 Å². The van der Waals surface area contributed by atoms with E-state index in [2.05, 4.69) is 10.5 Å². The maximum Gasteiger partial charge on any atom is 0.303 e. The molecule has 1 aromatic carbocycles. The molecule has 1 rings (SSSR count). The molecule has 0 saturated carbocycles. The molecule has 0 atom stereocenters. The van der Waals surface area contributed by atoms with Crippen LogP contribution in [0.1, 0.15) is 19.8 Å². The summed E-state index contributed by atoms with van der Waals surface area (Å²) in [6.07, 6.45) is 0.584. The Morgan fingerprint density at radius 3 is 2.60 bits per heavy atom. The van der Waals surface area contributed by atoms with Gasteiger partial charge in [-0.3, -0.25) is 10.2 Å². The molecular weight excluding hydrogens is 192 g/mol. The van der Waals surface area contributed by atoms with Crippen LogP contribution in [0.15, 0.2) is 35.4 Å². The monoisotopic (exact) mass is 206 g/mol. The molecule has 0 spiro atoms. The van der Waals surface area contributed by atoms with Gasteiger partial charge in [0.25, 0.3) is 0 Å². The number of para-hydroxylation sites is 1. The Balaban J connectivity index is 2.40. The van der Waals surface area contributed by atoms with Crippen molar-refractivity contribution in [3.63, 3.8) is 0 Å². The lowest BCUT2D eigenvalue weighted by molar-refractivity contribution is -0.136. The molecule has 1 aromatic rings. The van der Waals surface area contributed by atoms with Crippen LogP contribution in [0.25, 0.3) is 0 Å². The summed E-state index contributed by atoms with van der Waals surface area (Å²) in [5, 5.41) is 12.5. The molecule has 0 radical (unpaired) electrons. The molecule has 4 nitrogen and oxygen atoms in total. The van der Waals surface area contributed by atoms with E-state index in [1.165, 1.54) is 0 Å². The quantitative estimate of drug-likeness (QED) is 0.574. The second-order valence-corrected chi connectivity index (χ2v) is 3.22. The van der Waals surface area contributed by atoms with Gasteiger partial charge in [0, 0.05) is 5.71 Å². The number of nitrogens with zero attached hydrogens (tertiary/aromatic N) is 1. The largest absolute Gasteiger partial charge is 0.481 e. The summed E-state index contributed by atoms with van der Waals surface area (Å²) in [4.78, 5) is 10.3. The third-order valence-corrected chi connectivity index (χ3v) is 1.85. The van der Waals surface area contributed by atoms with Gasteiger partial charge in [0.1, 0.15) is 0 Å². The number of rotatable bonds is 5. The number of nitrogens with one attached hydrogen (secondary N) is 1. The van der Waals surface area contributed by atoms with Gasteiger partial charge in [-0.15, -0.1) is 0 Å². The van der Waals surface area contributed by atoms with Crippen molar-refractivity contribution in [1.29, 1.82) is 0 Å². The van der Waals surface area contributed by atoms with Gasteiger partial charge in [-0.05, 0) is 25.5 Å². The second-order valence-electron chi connectivity index (χ2n) is 3.22. The molecule has 2 N–H and O–H groups in total. The molecular formula is C11H14N2O2. The number of carboxylic acids is 1. The van der Waals surface area contributed by atoms with Crippen molar-refractivity contribution in [1.82, 2.24) is 0 Å². The van der Waals surface area contributed by atoms with Gasteiger partial charge in [0.05, 0.1) is 12.1 Å². The lowest BCUT2D eigenvalue weighted by atomic mass is 10.2. The minimum absolute atomic E-state index is 0.117. The minimum atomic E-state index is -0.802. The lowest BCUT2D eigenvalue weighted by Gasteiger charge is -2.01. The number of carbonyl (C=O) groups is 1. The standard InChI is InChI=1S/C11H14N2O2/c1-9(7-8-11(14)15)12-13-10-5-3-2-4-6-10/h2-6,13H,7-8H2,1H3,(H,14,15)/b12-9+. The van der Waals surface area contributed by atoms with Crippen LogP contribution >= 0.6 is 0 Å². The van der Waals surface area contributed by atoms with Gasteiger partial charge >= 0.3 is 5.97 Å². The Morgan fingerprint density at radius 2 is 2.00 bits per heavy atom. The molecule has 0 unspecified atom stereocenters. The summed E-state index contributed by atoms with van der Waals surface area (Å²) in [6, 6.07) is 9.53. The van der Waals surface area contributed by atoms with Crippen molar-refractivity contribution in [2.75, 3.05) is 5.43 Å². The van der Waals surface area contributed by atoms with Crippen LogP contribution in [-0.4, -0.2) is 16.8 Å². The predicted octanol–water partition coefficient (Wildman–Crippen LogP) is 2.34. The number of anilines is 1. The molecule has 15 heavy (non-hydrogen) atoms. The zero-order valence-electron chi connectivity index (χ0n) is 8.60. The van der Waals surface area contributed by atoms with Gasteiger partial charge in [0.2, 0.25) is 0 Å². The van der Waals surface area contributed by atoms with E-state index in [0.717, 1.165) is 11.4 Å². The zero-order valence-corrected chi connectivity index (χ0v) is 8.60. The predicted molar refractivity (Wildman–Crippen MR) is 60.0 cm³/mol. The first-order valence-electron chi connectivity index (χ1n) is 4.74. The van der Waals surface area contributed by atoms with Crippen molar-refractivity contribution in [2.24, 2.45) is 5.10 Å². The van der Waals surface area contributed by atoms with Crippen LogP contribution in [-0.2, 0) is 4.79 Å². The summed E-state index contributed by atoms with van der Waals surface area (Å²) in [7, 11) is 0. The number of carboxylic acid groups (broad SMARTS) is 1. The van der Waals surface area contributed by atoms with Crippen molar-refractivity contribution in [3.05, 3.63) is 30.3 Å². The van der Waals surface area contributed by atoms with Crippen LogP contribution in [0.2, 0.25) is 0 Å².